The first-order chi connectivity index (χ1) is 13.7. The van der Waals surface area contributed by atoms with Gasteiger partial charge in [-0.25, -0.2) is 4.79 Å². The number of esters is 1. The van der Waals surface area contributed by atoms with E-state index in [2.05, 4.69) is 16.7 Å². The maximum Gasteiger partial charge on any atom is 0.334 e. The highest BCUT2D eigenvalue weighted by Crippen LogP contribution is 2.22. The molecule has 29 heavy (non-hydrogen) atoms. The molecule has 0 bridgehead atoms. The first kappa shape index (κ1) is 20.8. The second kappa shape index (κ2) is 8.62. The molecule has 2 aromatic carbocycles. The van der Waals surface area contributed by atoms with E-state index >= 15 is 0 Å². The molecule has 0 saturated heterocycles. The number of nitrogens with zero attached hydrogens (tertiary/aromatic N) is 2. The lowest BCUT2D eigenvalue weighted by Gasteiger charge is -2.19. The summed E-state index contributed by atoms with van der Waals surface area (Å²) in [4.78, 5) is 16.4. The topological polar surface area (TPSA) is 65.2 Å². The predicted molar refractivity (Wildman–Crippen MR) is 113 cm³/mol. The number of hydrogen-bond acceptors (Lipinski definition) is 5. The maximum atomic E-state index is 12.0. The molecule has 3 rings (SSSR count). The average Bonchev–Trinajstić information content (AvgIpc) is 3.08. The summed E-state index contributed by atoms with van der Waals surface area (Å²) in [6.07, 6.45) is 0.695. The summed E-state index contributed by atoms with van der Waals surface area (Å²) in [6, 6.07) is 15.9. The van der Waals surface area contributed by atoms with E-state index in [1.165, 1.54) is 0 Å². The fraction of sp³-hybridized carbons (Fsp3) is 0.261. The van der Waals surface area contributed by atoms with Gasteiger partial charge in [0, 0.05) is 17.0 Å². The lowest BCUT2D eigenvalue weighted by molar-refractivity contribution is -0.150. The lowest BCUT2D eigenvalue weighted by atomic mass is 10.0. The number of hydrogen-bond donors (Lipinski definition) is 0. The molecule has 1 heterocycles. The van der Waals surface area contributed by atoms with Crippen molar-refractivity contribution in [3.8, 4) is 11.1 Å². The molecular formula is C23H23ClN2O3. The molecule has 1 aromatic heterocycles. The first-order valence-corrected chi connectivity index (χ1v) is 9.65. The number of rotatable bonds is 6. The summed E-state index contributed by atoms with van der Waals surface area (Å²) in [6.45, 7) is 9.18. The smallest absolute Gasteiger partial charge is 0.334 e. The van der Waals surface area contributed by atoms with Crippen LogP contribution in [0.15, 0.2) is 65.2 Å². The second-order valence-corrected chi connectivity index (χ2v) is 8.20. The van der Waals surface area contributed by atoms with Crippen molar-refractivity contribution in [1.29, 1.82) is 0 Å². The van der Waals surface area contributed by atoms with E-state index in [0.717, 1.165) is 16.7 Å². The van der Waals surface area contributed by atoms with Crippen LogP contribution < -0.4 is 0 Å². The fourth-order valence-electron chi connectivity index (χ4n) is 2.68. The quantitative estimate of drug-likeness (QED) is 0.401. The summed E-state index contributed by atoms with van der Waals surface area (Å²) in [5.41, 5.74) is 2.97. The van der Waals surface area contributed by atoms with E-state index in [0.29, 0.717) is 23.2 Å². The largest absolute Gasteiger partial charge is 0.457 e. The van der Waals surface area contributed by atoms with Gasteiger partial charge in [-0.1, -0.05) is 59.7 Å². The van der Waals surface area contributed by atoms with Gasteiger partial charge in [-0.3, -0.25) is 0 Å². The molecule has 5 nitrogen and oxygen atoms in total. The summed E-state index contributed by atoms with van der Waals surface area (Å²) >= 11 is 5.94. The fourth-order valence-corrected chi connectivity index (χ4v) is 2.80. The summed E-state index contributed by atoms with van der Waals surface area (Å²) < 4.78 is 10.5. The molecule has 0 aliphatic heterocycles. The van der Waals surface area contributed by atoms with Crippen LogP contribution in [0.2, 0.25) is 5.02 Å². The van der Waals surface area contributed by atoms with Crippen LogP contribution in [0.1, 0.15) is 38.0 Å². The highest BCUT2D eigenvalue weighted by Gasteiger charge is 2.20. The van der Waals surface area contributed by atoms with Crippen molar-refractivity contribution in [3.05, 3.63) is 83.0 Å². The third-order valence-electron chi connectivity index (χ3n) is 4.06. The molecule has 0 amide bonds. The van der Waals surface area contributed by atoms with E-state index in [9.17, 15) is 4.79 Å². The van der Waals surface area contributed by atoms with Crippen molar-refractivity contribution in [2.45, 2.75) is 39.2 Å². The van der Waals surface area contributed by atoms with Gasteiger partial charge in [0.15, 0.2) is 5.82 Å². The van der Waals surface area contributed by atoms with E-state index < -0.39 is 11.6 Å². The molecule has 0 radical (unpaired) electrons. The van der Waals surface area contributed by atoms with Crippen LogP contribution in [0.5, 0.6) is 0 Å². The van der Waals surface area contributed by atoms with Crippen LogP contribution in [0.4, 0.5) is 0 Å². The van der Waals surface area contributed by atoms with E-state index in [-0.39, 0.29) is 12.0 Å². The Bertz CT molecular complexity index is 1000. The zero-order valence-corrected chi connectivity index (χ0v) is 17.5. The number of carbonyl (C=O) groups excluding carboxylic acids is 1. The van der Waals surface area contributed by atoms with Gasteiger partial charge >= 0.3 is 5.97 Å². The van der Waals surface area contributed by atoms with Gasteiger partial charge in [0.1, 0.15) is 5.60 Å². The number of aromatic nitrogens is 2. The SMILES string of the molecule is C=C(Cc1nc(Cc2ccc(-c3ccc(Cl)cc3)cc2)no1)C(=O)OC(C)(C)C. The highest BCUT2D eigenvalue weighted by atomic mass is 35.5. The minimum Gasteiger partial charge on any atom is -0.457 e. The van der Waals surface area contributed by atoms with Crippen molar-refractivity contribution < 1.29 is 14.1 Å². The van der Waals surface area contributed by atoms with Crippen molar-refractivity contribution >= 4 is 17.6 Å². The first-order valence-electron chi connectivity index (χ1n) is 9.27. The van der Waals surface area contributed by atoms with Crippen LogP contribution in [-0.2, 0) is 22.4 Å². The number of halogens is 1. The standard InChI is InChI=1S/C23H23ClN2O3/c1-15(22(27)28-23(2,3)4)13-21-25-20(26-29-21)14-16-5-7-17(8-6-16)18-9-11-19(24)12-10-18/h5-12H,1,13-14H2,2-4H3. The monoisotopic (exact) mass is 410 g/mol. The Morgan fingerprint density at radius 2 is 1.66 bits per heavy atom. The van der Waals surface area contributed by atoms with Gasteiger partial charge in [-0.15, -0.1) is 0 Å². The lowest BCUT2D eigenvalue weighted by Crippen LogP contribution is -2.25. The minimum atomic E-state index is -0.571. The maximum absolute atomic E-state index is 12.0. The number of benzene rings is 2. The van der Waals surface area contributed by atoms with Crippen LogP contribution in [0.3, 0.4) is 0 Å². The second-order valence-electron chi connectivity index (χ2n) is 7.77. The van der Waals surface area contributed by atoms with E-state index in [1.54, 1.807) is 20.8 Å². The summed E-state index contributed by atoms with van der Waals surface area (Å²) in [5, 5.41) is 4.71. The van der Waals surface area contributed by atoms with Crippen molar-refractivity contribution in [1.82, 2.24) is 10.1 Å². The van der Waals surface area contributed by atoms with Crippen LogP contribution in [0, 0.1) is 0 Å². The zero-order valence-electron chi connectivity index (χ0n) is 16.7. The molecule has 0 N–H and O–H groups in total. The molecule has 0 unspecified atom stereocenters. The predicted octanol–water partition coefficient (Wildman–Crippen LogP) is 5.42. The summed E-state index contributed by atoms with van der Waals surface area (Å²) in [7, 11) is 0. The van der Waals surface area contributed by atoms with Crippen molar-refractivity contribution in [2.24, 2.45) is 0 Å². The van der Waals surface area contributed by atoms with Gasteiger partial charge in [0.25, 0.3) is 0 Å². The Labute approximate surface area is 175 Å². The van der Waals surface area contributed by atoms with E-state index in [4.69, 9.17) is 20.9 Å². The van der Waals surface area contributed by atoms with Crippen LogP contribution >= 0.6 is 11.6 Å². The van der Waals surface area contributed by atoms with Gasteiger partial charge < -0.3 is 9.26 Å². The zero-order chi connectivity index (χ0) is 21.0. The van der Waals surface area contributed by atoms with Gasteiger partial charge in [0.2, 0.25) is 5.89 Å². The molecule has 0 saturated carbocycles. The molecular weight excluding hydrogens is 388 g/mol. The molecule has 0 spiro atoms. The minimum absolute atomic E-state index is 0.164. The summed E-state index contributed by atoms with van der Waals surface area (Å²) in [5.74, 6) is 0.430. The molecule has 0 aliphatic carbocycles. The molecule has 6 heteroatoms. The van der Waals surface area contributed by atoms with Crippen LogP contribution in [-0.4, -0.2) is 21.7 Å². The highest BCUT2D eigenvalue weighted by molar-refractivity contribution is 6.30. The van der Waals surface area contributed by atoms with Gasteiger partial charge in [-0.05, 0) is 49.6 Å². The Kier molecular flexibility index (Phi) is 6.18. The Morgan fingerprint density at radius 3 is 2.24 bits per heavy atom. The Hall–Kier alpha value is -2.92. The normalized spacial score (nSPS) is 11.3. The van der Waals surface area contributed by atoms with Crippen molar-refractivity contribution in [3.63, 3.8) is 0 Å². The van der Waals surface area contributed by atoms with Gasteiger partial charge in [0.05, 0.1) is 6.42 Å². The Morgan fingerprint density at radius 1 is 1.07 bits per heavy atom. The number of ether oxygens (including phenoxy) is 1. The van der Waals surface area contributed by atoms with Gasteiger partial charge in [-0.2, -0.15) is 4.98 Å². The molecule has 0 fully saturated rings. The molecule has 0 atom stereocenters. The Balaban J connectivity index is 1.60. The van der Waals surface area contributed by atoms with Crippen LogP contribution in [0.25, 0.3) is 11.1 Å². The average molecular weight is 411 g/mol. The molecule has 150 valence electrons. The molecule has 0 aliphatic rings. The third kappa shape index (κ3) is 6.03. The third-order valence-corrected chi connectivity index (χ3v) is 4.31. The molecule has 3 aromatic rings. The number of carbonyl (C=O) groups is 1. The van der Waals surface area contributed by atoms with E-state index in [1.807, 2.05) is 48.5 Å². The van der Waals surface area contributed by atoms with Crippen molar-refractivity contribution in [2.75, 3.05) is 0 Å².